The first-order chi connectivity index (χ1) is 11.0. The fourth-order valence-electron chi connectivity index (χ4n) is 2.19. The Morgan fingerprint density at radius 1 is 1.13 bits per heavy atom. The van der Waals surface area contributed by atoms with Crippen LogP contribution >= 0.6 is 0 Å². The molecule has 0 saturated carbocycles. The maximum Gasteiger partial charge on any atom is 0.325 e. The molecule has 1 N–H and O–H groups in total. The number of esters is 1. The number of benzene rings is 1. The van der Waals surface area contributed by atoms with Gasteiger partial charge in [-0.15, -0.1) is 0 Å². The van der Waals surface area contributed by atoms with E-state index < -0.39 is 0 Å². The molecule has 1 aromatic carbocycles. The van der Waals surface area contributed by atoms with Crippen molar-refractivity contribution >= 4 is 11.9 Å². The molecule has 0 saturated heterocycles. The van der Waals surface area contributed by atoms with E-state index >= 15 is 0 Å². The van der Waals surface area contributed by atoms with E-state index in [9.17, 15) is 9.59 Å². The molecule has 0 fully saturated rings. The summed E-state index contributed by atoms with van der Waals surface area (Å²) in [5, 5.41) is 2.60. The maximum atomic E-state index is 12.0. The van der Waals surface area contributed by atoms with Crippen LogP contribution in [0, 0.1) is 5.92 Å². The lowest BCUT2D eigenvalue weighted by atomic mass is 10.1. The Balaban J connectivity index is 2.28. The Morgan fingerprint density at radius 2 is 1.83 bits per heavy atom. The van der Waals surface area contributed by atoms with Gasteiger partial charge in [0, 0.05) is 5.56 Å². The van der Waals surface area contributed by atoms with E-state index in [4.69, 9.17) is 4.74 Å². The van der Waals surface area contributed by atoms with Gasteiger partial charge in [-0.2, -0.15) is 0 Å². The van der Waals surface area contributed by atoms with E-state index in [1.807, 2.05) is 12.1 Å². The minimum Gasteiger partial charge on any atom is -0.464 e. The summed E-state index contributed by atoms with van der Waals surface area (Å²) in [5.41, 5.74) is 1.80. The molecular weight excluding hydrogens is 290 g/mol. The average Bonchev–Trinajstić information content (AvgIpc) is 2.55. The molecule has 0 aliphatic carbocycles. The Bertz CT molecular complexity index is 480. The van der Waals surface area contributed by atoms with Crippen molar-refractivity contribution in [3.8, 4) is 0 Å². The van der Waals surface area contributed by atoms with Gasteiger partial charge in [-0.1, -0.05) is 39.3 Å². The van der Waals surface area contributed by atoms with Gasteiger partial charge in [-0.05, 0) is 49.3 Å². The van der Waals surface area contributed by atoms with Crippen molar-refractivity contribution in [2.45, 2.75) is 52.9 Å². The summed E-state index contributed by atoms with van der Waals surface area (Å²) in [6.07, 6.45) is 5.22. The molecule has 0 aliphatic rings. The molecule has 4 heteroatoms. The zero-order valence-corrected chi connectivity index (χ0v) is 14.6. The Hall–Kier alpha value is -1.84. The molecule has 0 aromatic heterocycles. The molecule has 0 radical (unpaired) electrons. The number of aryl methyl sites for hydroxylation is 1. The van der Waals surface area contributed by atoms with Gasteiger partial charge in [0.25, 0.3) is 5.91 Å². The van der Waals surface area contributed by atoms with Crippen LogP contribution in [-0.4, -0.2) is 25.0 Å². The number of ether oxygens (including phenoxy) is 1. The molecule has 0 bridgehead atoms. The highest BCUT2D eigenvalue weighted by Crippen LogP contribution is 2.08. The topological polar surface area (TPSA) is 55.4 Å². The standard InChI is InChI=1S/C19H29NO3/c1-4-5-8-16-9-11-17(12-10-16)19(22)20-14-18(21)23-13-6-7-15(2)3/h9-12,15H,4-8,13-14H2,1-3H3,(H,20,22). The highest BCUT2D eigenvalue weighted by molar-refractivity contribution is 5.95. The smallest absolute Gasteiger partial charge is 0.325 e. The zero-order valence-electron chi connectivity index (χ0n) is 14.6. The molecule has 0 unspecified atom stereocenters. The number of hydrogen-bond acceptors (Lipinski definition) is 3. The highest BCUT2D eigenvalue weighted by atomic mass is 16.5. The predicted molar refractivity (Wildman–Crippen MR) is 92.4 cm³/mol. The molecule has 0 aliphatic heterocycles. The summed E-state index contributed by atoms with van der Waals surface area (Å²) < 4.78 is 5.09. The van der Waals surface area contributed by atoms with Gasteiger partial charge in [0.2, 0.25) is 0 Å². The second kappa shape index (κ2) is 10.8. The summed E-state index contributed by atoms with van der Waals surface area (Å²) in [7, 11) is 0. The third-order valence-electron chi connectivity index (χ3n) is 3.62. The molecular formula is C19H29NO3. The normalized spacial score (nSPS) is 10.6. The lowest BCUT2D eigenvalue weighted by Crippen LogP contribution is -2.30. The van der Waals surface area contributed by atoms with Crippen LogP contribution < -0.4 is 5.32 Å². The van der Waals surface area contributed by atoms with Crippen molar-refractivity contribution in [2.24, 2.45) is 5.92 Å². The second-order valence-corrected chi connectivity index (χ2v) is 6.24. The van der Waals surface area contributed by atoms with E-state index in [1.165, 1.54) is 5.56 Å². The van der Waals surface area contributed by atoms with Gasteiger partial charge < -0.3 is 10.1 Å². The fraction of sp³-hybridized carbons (Fsp3) is 0.579. The molecule has 0 heterocycles. The van der Waals surface area contributed by atoms with Gasteiger partial charge in [0.1, 0.15) is 6.54 Å². The first-order valence-corrected chi connectivity index (χ1v) is 8.55. The van der Waals surface area contributed by atoms with Crippen LogP contribution in [0.15, 0.2) is 24.3 Å². The molecule has 23 heavy (non-hydrogen) atoms. The van der Waals surface area contributed by atoms with Crippen LogP contribution in [0.5, 0.6) is 0 Å². The van der Waals surface area contributed by atoms with Crippen molar-refractivity contribution in [1.82, 2.24) is 5.32 Å². The van der Waals surface area contributed by atoms with E-state index in [-0.39, 0.29) is 18.4 Å². The molecule has 1 rings (SSSR count). The van der Waals surface area contributed by atoms with Gasteiger partial charge in [0.05, 0.1) is 6.61 Å². The van der Waals surface area contributed by atoms with Crippen molar-refractivity contribution in [2.75, 3.05) is 13.2 Å². The number of carbonyl (C=O) groups excluding carboxylic acids is 2. The lowest BCUT2D eigenvalue weighted by Gasteiger charge is -2.08. The summed E-state index contributed by atoms with van der Waals surface area (Å²) >= 11 is 0. The Labute approximate surface area is 139 Å². The van der Waals surface area contributed by atoms with Crippen molar-refractivity contribution in [3.63, 3.8) is 0 Å². The second-order valence-electron chi connectivity index (χ2n) is 6.24. The average molecular weight is 319 g/mol. The quantitative estimate of drug-likeness (QED) is 0.528. The van der Waals surface area contributed by atoms with Gasteiger partial charge in [0.15, 0.2) is 0 Å². The van der Waals surface area contributed by atoms with Crippen LogP contribution in [0.25, 0.3) is 0 Å². The third kappa shape index (κ3) is 8.38. The summed E-state index contributed by atoms with van der Waals surface area (Å²) in [6.45, 7) is 6.76. The zero-order chi connectivity index (χ0) is 17.1. The van der Waals surface area contributed by atoms with E-state index in [0.717, 1.165) is 32.1 Å². The number of hydrogen-bond donors (Lipinski definition) is 1. The van der Waals surface area contributed by atoms with Crippen LogP contribution in [0.3, 0.4) is 0 Å². The Morgan fingerprint density at radius 3 is 2.43 bits per heavy atom. The largest absolute Gasteiger partial charge is 0.464 e. The summed E-state index contributed by atoms with van der Waals surface area (Å²) in [5.74, 6) is -0.0263. The van der Waals surface area contributed by atoms with Gasteiger partial charge >= 0.3 is 5.97 Å². The van der Waals surface area contributed by atoms with Crippen LogP contribution in [-0.2, 0) is 16.0 Å². The van der Waals surface area contributed by atoms with Crippen LogP contribution in [0.2, 0.25) is 0 Å². The van der Waals surface area contributed by atoms with E-state index in [1.54, 1.807) is 12.1 Å². The monoisotopic (exact) mass is 319 g/mol. The number of carbonyl (C=O) groups is 2. The van der Waals surface area contributed by atoms with Crippen LogP contribution in [0.1, 0.15) is 62.4 Å². The van der Waals surface area contributed by atoms with Gasteiger partial charge in [-0.25, -0.2) is 0 Å². The van der Waals surface area contributed by atoms with Crippen molar-refractivity contribution < 1.29 is 14.3 Å². The number of nitrogens with one attached hydrogen (secondary N) is 1. The maximum absolute atomic E-state index is 12.0. The van der Waals surface area contributed by atoms with E-state index in [2.05, 4.69) is 26.1 Å². The molecule has 0 atom stereocenters. The van der Waals surface area contributed by atoms with Crippen molar-refractivity contribution in [1.29, 1.82) is 0 Å². The number of amides is 1. The first kappa shape index (κ1) is 19.2. The SMILES string of the molecule is CCCCc1ccc(C(=O)NCC(=O)OCCCC(C)C)cc1. The number of unbranched alkanes of at least 4 members (excludes halogenated alkanes) is 1. The molecule has 4 nitrogen and oxygen atoms in total. The summed E-state index contributed by atoms with van der Waals surface area (Å²) in [6, 6.07) is 7.53. The third-order valence-corrected chi connectivity index (χ3v) is 3.62. The molecule has 1 aromatic rings. The molecule has 1 amide bonds. The van der Waals surface area contributed by atoms with Gasteiger partial charge in [-0.3, -0.25) is 9.59 Å². The Kier molecular flexibility index (Phi) is 9.03. The minimum absolute atomic E-state index is 0.0852. The van der Waals surface area contributed by atoms with Crippen molar-refractivity contribution in [3.05, 3.63) is 35.4 Å². The number of rotatable bonds is 10. The summed E-state index contributed by atoms with van der Waals surface area (Å²) in [4.78, 5) is 23.5. The molecule has 128 valence electrons. The first-order valence-electron chi connectivity index (χ1n) is 8.55. The van der Waals surface area contributed by atoms with E-state index in [0.29, 0.717) is 18.1 Å². The fourth-order valence-corrected chi connectivity index (χ4v) is 2.19. The lowest BCUT2D eigenvalue weighted by molar-refractivity contribution is -0.142. The highest BCUT2D eigenvalue weighted by Gasteiger charge is 2.09. The van der Waals surface area contributed by atoms with Crippen LogP contribution in [0.4, 0.5) is 0 Å². The minimum atomic E-state index is -0.387. The molecule has 0 spiro atoms. The predicted octanol–water partition coefficient (Wildman–Crippen LogP) is 3.74.